The summed E-state index contributed by atoms with van der Waals surface area (Å²) in [5.74, 6) is -0.842. The van der Waals surface area contributed by atoms with Gasteiger partial charge in [0.25, 0.3) is 0 Å². The highest BCUT2D eigenvalue weighted by Gasteiger charge is 2.55. The van der Waals surface area contributed by atoms with Crippen molar-refractivity contribution in [2.75, 3.05) is 12.8 Å². The van der Waals surface area contributed by atoms with Crippen molar-refractivity contribution >= 4 is 41.3 Å². The van der Waals surface area contributed by atoms with Crippen LogP contribution in [0.1, 0.15) is 89.3 Å². The molecule has 5 N–H and O–H groups in total. The molecular weight excluding hydrogens is 653 g/mol. The molecule has 5 rings (SSSR count). The molecule has 2 aliphatic heterocycles. The van der Waals surface area contributed by atoms with Gasteiger partial charge < -0.3 is 31.5 Å². The molecule has 0 spiro atoms. The minimum atomic E-state index is -0.968. The second-order valence-electron chi connectivity index (χ2n) is 14.6. The highest BCUT2D eigenvalue weighted by molar-refractivity contribution is 7.99. The fourth-order valence-corrected chi connectivity index (χ4v) is 8.91. The van der Waals surface area contributed by atoms with Crippen molar-refractivity contribution < 1.29 is 24.0 Å². The summed E-state index contributed by atoms with van der Waals surface area (Å²) in [6.07, 6.45) is 3.95. The summed E-state index contributed by atoms with van der Waals surface area (Å²) in [6.45, 7) is 7.59. The number of benzene rings is 2. The normalized spacial score (nSPS) is 26.4. The third kappa shape index (κ3) is 8.69. The Morgan fingerprint density at radius 2 is 1.34 bits per heavy atom. The van der Waals surface area contributed by atoms with Gasteiger partial charge in [0.1, 0.15) is 18.1 Å². The van der Waals surface area contributed by atoms with E-state index >= 15 is 0 Å². The number of fused-ring (bicyclic) bond motifs is 1. The number of amides is 5. The Balaban J connectivity index is 1.25. The van der Waals surface area contributed by atoms with Gasteiger partial charge in [0.2, 0.25) is 29.5 Å². The van der Waals surface area contributed by atoms with E-state index in [2.05, 4.69) is 26.6 Å². The van der Waals surface area contributed by atoms with Gasteiger partial charge in [-0.2, -0.15) is 0 Å². The van der Waals surface area contributed by atoms with Crippen LogP contribution in [0.5, 0.6) is 0 Å². The summed E-state index contributed by atoms with van der Waals surface area (Å²) in [7, 11) is 1.69. The van der Waals surface area contributed by atoms with Crippen LogP contribution in [0.3, 0.4) is 0 Å². The zero-order valence-corrected chi connectivity index (χ0v) is 30.6. The van der Waals surface area contributed by atoms with Crippen molar-refractivity contribution in [2.24, 2.45) is 5.41 Å². The van der Waals surface area contributed by atoms with E-state index in [0.29, 0.717) is 37.0 Å². The minimum Gasteiger partial charge on any atom is -0.353 e. The summed E-state index contributed by atoms with van der Waals surface area (Å²) in [4.78, 5) is 69.6. The second-order valence-corrected chi connectivity index (χ2v) is 15.9. The maximum Gasteiger partial charge on any atom is 0.247 e. The van der Waals surface area contributed by atoms with Gasteiger partial charge in [-0.3, -0.25) is 24.0 Å². The highest BCUT2D eigenvalue weighted by Crippen LogP contribution is 2.46. The van der Waals surface area contributed by atoms with Crippen molar-refractivity contribution in [2.45, 2.75) is 114 Å². The van der Waals surface area contributed by atoms with Crippen LogP contribution in [-0.4, -0.2) is 82.8 Å². The number of nitrogens with one attached hydrogen (secondary N) is 5. The van der Waals surface area contributed by atoms with Crippen molar-refractivity contribution in [3.05, 3.63) is 71.8 Å². The van der Waals surface area contributed by atoms with E-state index in [-0.39, 0.29) is 47.0 Å². The minimum absolute atomic E-state index is 0.00451. The molecule has 2 aromatic rings. The second kappa shape index (κ2) is 16.4. The van der Waals surface area contributed by atoms with E-state index in [1.165, 1.54) is 0 Å². The number of likely N-dealkylation sites (N-methyl/N-ethyl adjacent to an activating group) is 1. The lowest BCUT2D eigenvalue weighted by atomic mass is 9.83. The van der Waals surface area contributed by atoms with Crippen LogP contribution in [0.15, 0.2) is 60.7 Å². The molecule has 3 aliphatic rings. The molecule has 0 bridgehead atoms. The summed E-state index contributed by atoms with van der Waals surface area (Å²) >= 11 is 1.63. The maximum absolute atomic E-state index is 14.3. The van der Waals surface area contributed by atoms with Crippen molar-refractivity contribution in [1.82, 2.24) is 31.5 Å². The van der Waals surface area contributed by atoms with Crippen LogP contribution < -0.4 is 26.6 Å². The predicted molar refractivity (Wildman–Crippen MR) is 195 cm³/mol. The van der Waals surface area contributed by atoms with Crippen LogP contribution in [0.2, 0.25) is 0 Å². The maximum atomic E-state index is 14.3. The van der Waals surface area contributed by atoms with E-state index in [1.807, 2.05) is 81.4 Å². The third-order valence-electron chi connectivity index (χ3n) is 10.5. The number of rotatable bonds is 11. The summed E-state index contributed by atoms with van der Waals surface area (Å²) < 4.78 is 0. The fourth-order valence-electron chi connectivity index (χ4n) is 7.33. The van der Waals surface area contributed by atoms with Crippen LogP contribution in [0, 0.1) is 5.41 Å². The molecule has 2 heterocycles. The Morgan fingerprint density at radius 3 is 1.92 bits per heavy atom. The van der Waals surface area contributed by atoms with Gasteiger partial charge in [-0.25, -0.2) is 0 Å². The predicted octanol–water partition coefficient (Wildman–Crippen LogP) is 3.37. The quantitative estimate of drug-likeness (QED) is 0.241. The zero-order valence-electron chi connectivity index (χ0n) is 29.7. The van der Waals surface area contributed by atoms with Crippen LogP contribution >= 0.6 is 11.8 Å². The molecule has 3 fully saturated rings. The van der Waals surface area contributed by atoms with E-state index in [1.54, 1.807) is 30.6 Å². The van der Waals surface area contributed by atoms with E-state index in [4.69, 9.17) is 0 Å². The Labute approximate surface area is 299 Å². The molecule has 5 amide bonds. The molecule has 11 nitrogen and oxygen atoms in total. The first kappa shape index (κ1) is 37.4. The molecule has 2 saturated heterocycles. The topological polar surface area (TPSA) is 149 Å². The van der Waals surface area contributed by atoms with Crippen molar-refractivity contribution in [3.63, 3.8) is 0 Å². The molecule has 1 aliphatic carbocycles. The Morgan fingerprint density at radius 1 is 0.780 bits per heavy atom. The standard InChI is InChI=1S/C38H52N6O5S/c1-23(25-12-8-6-9-13-25)33(45)40-27-16-18-28(19-17-27)41-35(47)31(26-14-10-7-11-15-26)43-36(48)32-38(3,4)22-30-44(32)37(49)29(20-21-50-30)42-34(46)24(2)39-5/h6-15,23-24,27-32,39H,16-22H2,1-5H3,(H,40,45)(H,41,47)(H,42,46)(H,43,48)/t23-,24-,27?,28?,29-,30-,31+,32+/m0/s1. The van der Waals surface area contributed by atoms with Gasteiger partial charge >= 0.3 is 0 Å². The number of thioether (sulfide) groups is 1. The van der Waals surface area contributed by atoms with Gasteiger partial charge in [-0.15, -0.1) is 11.8 Å². The SMILES string of the molecule is CN[C@@H](C)C(=O)N[C@H]1CCS[C@H]2CC(C)(C)[C@@H](C(=O)N[C@@H](C(=O)NC3CCC(NC(=O)[C@@H](C)c4ccccc4)CC3)c3ccccc3)N2C1=O. The van der Waals surface area contributed by atoms with E-state index in [0.717, 1.165) is 18.4 Å². The lowest BCUT2D eigenvalue weighted by molar-refractivity contribution is -0.144. The zero-order chi connectivity index (χ0) is 36.0. The first-order valence-corrected chi connectivity index (χ1v) is 18.9. The third-order valence-corrected chi connectivity index (χ3v) is 11.7. The lowest BCUT2D eigenvalue weighted by Gasteiger charge is -2.35. The van der Waals surface area contributed by atoms with Crippen LogP contribution in [0.4, 0.5) is 0 Å². The Hall–Kier alpha value is -3.90. The monoisotopic (exact) mass is 704 g/mol. The molecule has 0 unspecified atom stereocenters. The Bertz CT molecular complexity index is 1520. The number of carbonyl (C=O) groups is 5. The average molecular weight is 705 g/mol. The van der Waals surface area contributed by atoms with Crippen molar-refractivity contribution in [3.8, 4) is 0 Å². The molecule has 0 aromatic heterocycles. The number of carbonyl (C=O) groups excluding carboxylic acids is 5. The lowest BCUT2D eigenvalue weighted by Crippen LogP contribution is -2.58. The molecule has 50 heavy (non-hydrogen) atoms. The average Bonchev–Trinajstić information content (AvgIpc) is 3.31. The molecular formula is C38H52N6O5S. The molecule has 6 atom stereocenters. The van der Waals surface area contributed by atoms with Gasteiger partial charge in [0, 0.05) is 12.1 Å². The van der Waals surface area contributed by atoms with Gasteiger partial charge in [0.05, 0.1) is 17.3 Å². The molecule has 1 saturated carbocycles. The summed E-state index contributed by atoms with van der Waals surface area (Å²) in [6, 6.07) is 15.8. The van der Waals surface area contributed by atoms with Crippen LogP contribution in [-0.2, 0) is 24.0 Å². The first-order valence-electron chi connectivity index (χ1n) is 17.8. The fraction of sp³-hybridized carbons (Fsp3) is 0.553. The van der Waals surface area contributed by atoms with Gasteiger partial charge in [0.15, 0.2) is 0 Å². The van der Waals surface area contributed by atoms with Crippen molar-refractivity contribution in [1.29, 1.82) is 0 Å². The molecule has 2 aromatic carbocycles. The molecule has 0 radical (unpaired) electrons. The Kier molecular flexibility index (Phi) is 12.3. The number of hydrogen-bond donors (Lipinski definition) is 5. The number of hydrogen-bond acceptors (Lipinski definition) is 7. The molecule has 270 valence electrons. The van der Waals surface area contributed by atoms with E-state index < -0.39 is 35.5 Å². The van der Waals surface area contributed by atoms with E-state index in [9.17, 15) is 24.0 Å². The highest BCUT2D eigenvalue weighted by atomic mass is 32.2. The largest absolute Gasteiger partial charge is 0.353 e. The van der Waals surface area contributed by atoms with Gasteiger partial charge in [-0.05, 0) is 81.7 Å². The summed E-state index contributed by atoms with van der Waals surface area (Å²) in [5.41, 5.74) is 1.05. The number of nitrogens with zero attached hydrogens (tertiary/aromatic N) is 1. The van der Waals surface area contributed by atoms with Gasteiger partial charge in [-0.1, -0.05) is 74.5 Å². The first-order chi connectivity index (χ1) is 23.9. The molecule has 12 heteroatoms. The summed E-state index contributed by atoms with van der Waals surface area (Å²) in [5, 5.41) is 15.0. The van der Waals surface area contributed by atoms with Crippen LogP contribution in [0.25, 0.3) is 0 Å². The smallest absolute Gasteiger partial charge is 0.247 e.